The predicted molar refractivity (Wildman–Crippen MR) is 146 cm³/mol. The molecule has 0 bridgehead atoms. The minimum Gasteiger partial charge on any atom is -0.444 e. The Kier molecular flexibility index (Phi) is 8.74. The molecule has 1 aliphatic carbocycles. The number of aliphatic imine (C=N–C) groups is 1. The molecule has 1 fully saturated rings. The molecule has 12 nitrogen and oxygen atoms in total. The van der Waals surface area contributed by atoms with Gasteiger partial charge in [-0.3, -0.25) is 4.79 Å². The van der Waals surface area contributed by atoms with E-state index in [0.29, 0.717) is 35.1 Å². The average Bonchev–Trinajstić information content (AvgIpc) is 3.17. The van der Waals surface area contributed by atoms with Crippen molar-refractivity contribution in [1.29, 1.82) is 0 Å². The van der Waals surface area contributed by atoms with Crippen molar-refractivity contribution in [2.45, 2.75) is 63.0 Å². The summed E-state index contributed by atoms with van der Waals surface area (Å²) in [6, 6.07) is 4.30. The number of aromatic nitrogens is 1. The summed E-state index contributed by atoms with van der Waals surface area (Å²) in [5, 5.41) is 6.44. The Morgan fingerprint density at radius 2 is 1.89 bits per heavy atom. The van der Waals surface area contributed by atoms with E-state index in [0.717, 1.165) is 0 Å². The molecule has 1 unspecified atom stereocenters. The molecular weight excluding hydrogens is 534 g/mol. The lowest BCUT2D eigenvalue weighted by atomic mass is 9.96. The van der Waals surface area contributed by atoms with Crippen LogP contribution in [0.5, 0.6) is 0 Å². The van der Waals surface area contributed by atoms with Crippen LogP contribution >= 0.6 is 11.6 Å². The second kappa shape index (κ2) is 11.3. The van der Waals surface area contributed by atoms with E-state index < -0.39 is 33.2 Å². The van der Waals surface area contributed by atoms with Gasteiger partial charge in [0.1, 0.15) is 11.1 Å². The number of hydrogen-bond acceptors (Lipinski definition) is 7. The van der Waals surface area contributed by atoms with Gasteiger partial charge in [0.15, 0.2) is 11.8 Å². The largest absolute Gasteiger partial charge is 0.444 e. The number of nitrogens with two attached hydrogens (primary N) is 2. The summed E-state index contributed by atoms with van der Waals surface area (Å²) < 4.78 is 34.8. The highest BCUT2D eigenvalue weighted by Crippen LogP contribution is 2.37. The SMILES string of the molecule is C[C@H]1CCC(NS(=O)(=O)c2ccc3c(Cl)cnc(N=C(N)N)c3c2)(C(=O)NCCNC(=O)OC(C)(C)C)C1. The Bertz CT molecular complexity index is 1360. The van der Waals surface area contributed by atoms with Crippen LogP contribution < -0.4 is 26.8 Å². The number of amides is 2. The van der Waals surface area contributed by atoms with Gasteiger partial charge in [-0.05, 0) is 58.1 Å². The van der Waals surface area contributed by atoms with Crippen molar-refractivity contribution in [2.75, 3.05) is 13.1 Å². The van der Waals surface area contributed by atoms with Gasteiger partial charge in [0.2, 0.25) is 15.9 Å². The molecule has 1 saturated carbocycles. The number of carbonyl (C=O) groups excluding carboxylic acids is 2. The van der Waals surface area contributed by atoms with E-state index in [4.69, 9.17) is 27.8 Å². The maximum atomic E-state index is 13.5. The number of sulfonamides is 1. The molecule has 208 valence electrons. The molecule has 1 heterocycles. The fourth-order valence-electron chi connectivity index (χ4n) is 4.33. The first kappa shape index (κ1) is 29.4. The van der Waals surface area contributed by atoms with E-state index in [-0.39, 0.29) is 35.7 Å². The zero-order chi connectivity index (χ0) is 28.3. The number of rotatable bonds is 8. The molecule has 0 aliphatic heterocycles. The number of fused-ring (bicyclic) bond motifs is 1. The van der Waals surface area contributed by atoms with E-state index in [9.17, 15) is 18.0 Å². The number of alkyl carbamates (subject to hydrolysis) is 1. The van der Waals surface area contributed by atoms with E-state index in [1.54, 1.807) is 20.8 Å². The highest BCUT2D eigenvalue weighted by Gasteiger charge is 2.47. The zero-order valence-electron chi connectivity index (χ0n) is 21.8. The summed E-state index contributed by atoms with van der Waals surface area (Å²) >= 11 is 6.24. The van der Waals surface area contributed by atoms with E-state index in [2.05, 4.69) is 25.3 Å². The highest BCUT2D eigenvalue weighted by molar-refractivity contribution is 7.89. The van der Waals surface area contributed by atoms with Crippen LogP contribution in [0.4, 0.5) is 10.6 Å². The molecule has 2 aromatic rings. The minimum atomic E-state index is -4.17. The number of nitrogens with zero attached hydrogens (tertiary/aromatic N) is 2. The van der Waals surface area contributed by atoms with Crippen molar-refractivity contribution in [3.05, 3.63) is 29.4 Å². The van der Waals surface area contributed by atoms with Gasteiger partial charge >= 0.3 is 6.09 Å². The van der Waals surface area contributed by atoms with Crippen LogP contribution in [0, 0.1) is 5.92 Å². The second-order valence-electron chi connectivity index (χ2n) is 10.4. The van der Waals surface area contributed by atoms with Gasteiger partial charge in [-0.25, -0.2) is 18.2 Å². The lowest BCUT2D eigenvalue weighted by Gasteiger charge is -2.29. The minimum absolute atomic E-state index is 0.0952. The third-order valence-corrected chi connectivity index (χ3v) is 7.77. The molecule has 1 aliphatic rings. The van der Waals surface area contributed by atoms with E-state index in [1.165, 1.54) is 24.4 Å². The van der Waals surface area contributed by atoms with Crippen LogP contribution in [0.1, 0.15) is 47.0 Å². The van der Waals surface area contributed by atoms with Crippen LogP contribution in [0.25, 0.3) is 10.8 Å². The molecule has 0 spiro atoms. The molecule has 0 saturated heterocycles. The maximum absolute atomic E-state index is 13.5. The fourth-order valence-corrected chi connectivity index (χ4v) is 5.97. The summed E-state index contributed by atoms with van der Waals surface area (Å²) in [4.78, 5) is 33.1. The Morgan fingerprint density at radius 3 is 2.50 bits per heavy atom. The van der Waals surface area contributed by atoms with Gasteiger partial charge in [0, 0.05) is 30.1 Å². The number of halogens is 1. The topological polar surface area (TPSA) is 191 Å². The van der Waals surface area contributed by atoms with Crippen molar-refractivity contribution in [2.24, 2.45) is 22.4 Å². The summed E-state index contributed by atoms with van der Waals surface area (Å²) in [5.74, 6) is -0.482. The number of hydrogen-bond donors (Lipinski definition) is 5. The van der Waals surface area contributed by atoms with Gasteiger partial charge in [-0.2, -0.15) is 9.71 Å². The van der Waals surface area contributed by atoms with Gasteiger partial charge in [-0.1, -0.05) is 24.6 Å². The maximum Gasteiger partial charge on any atom is 0.407 e. The lowest BCUT2D eigenvalue weighted by molar-refractivity contribution is -0.126. The molecule has 3 rings (SSSR count). The van der Waals surface area contributed by atoms with Crippen LogP contribution in [0.2, 0.25) is 5.02 Å². The first-order valence-corrected chi connectivity index (χ1v) is 13.9. The van der Waals surface area contributed by atoms with Crippen LogP contribution in [-0.2, 0) is 19.6 Å². The van der Waals surface area contributed by atoms with Crippen LogP contribution in [0.15, 0.2) is 34.3 Å². The first-order valence-electron chi connectivity index (χ1n) is 12.1. The zero-order valence-corrected chi connectivity index (χ0v) is 23.4. The molecule has 2 atom stereocenters. The van der Waals surface area contributed by atoms with Crippen LogP contribution in [0.3, 0.4) is 0 Å². The monoisotopic (exact) mass is 567 g/mol. The Morgan fingerprint density at radius 1 is 1.21 bits per heavy atom. The first-order chi connectivity index (χ1) is 17.6. The van der Waals surface area contributed by atoms with Gasteiger partial charge in [0.05, 0.1) is 9.92 Å². The third-order valence-electron chi connectivity index (χ3n) is 5.94. The normalized spacial score (nSPS) is 19.7. The summed E-state index contributed by atoms with van der Waals surface area (Å²) in [6.45, 7) is 7.40. The number of ether oxygens (including phenoxy) is 1. The number of carbonyl (C=O) groups is 2. The fraction of sp³-hybridized carbons (Fsp3) is 0.500. The lowest BCUT2D eigenvalue weighted by Crippen LogP contribution is -2.57. The van der Waals surface area contributed by atoms with Gasteiger partial charge in [0.25, 0.3) is 0 Å². The molecular formula is C24H34ClN7O5S. The Balaban J connectivity index is 1.81. The van der Waals surface area contributed by atoms with Gasteiger partial charge in [-0.15, -0.1) is 0 Å². The molecule has 1 aromatic carbocycles. The molecule has 38 heavy (non-hydrogen) atoms. The van der Waals surface area contributed by atoms with Crippen molar-refractivity contribution in [3.63, 3.8) is 0 Å². The summed E-state index contributed by atoms with van der Waals surface area (Å²) in [5.41, 5.74) is 8.98. The van der Waals surface area contributed by atoms with Crippen LogP contribution in [-0.4, -0.2) is 55.6 Å². The predicted octanol–water partition coefficient (Wildman–Crippen LogP) is 2.27. The second-order valence-corrected chi connectivity index (χ2v) is 12.5. The van der Waals surface area contributed by atoms with Crippen molar-refractivity contribution >= 4 is 56.2 Å². The third kappa shape index (κ3) is 7.23. The van der Waals surface area contributed by atoms with Gasteiger partial charge < -0.3 is 26.8 Å². The molecule has 7 N–H and O–H groups in total. The molecule has 1 aromatic heterocycles. The quantitative estimate of drug-likeness (QED) is 0.182. The summed E-state index contributed by atoms with van der Waals surface area (Å²) in [7, 11) is -4.17. The highest BCUT2D eigenvalue weighted by atomic mass is 35.5. The molecule has 0 radical (unpaired) electrons. The average molecular weight is 568 g/mol. The van der Waals surface area contributed by atoms with E-state index in [1.807, 2.05) is 6.92 Å². The standard InChI is InChI=1S/C24H34ClN7O5S/c1-14-7-8-24(12-14,20(33)28-9-10-29-22(34)37-23(2,3)4)32-38(35,36)15-5-6-16-17(11-15)19(31-21(26)27)30-13-18(16)25/h5-6,11,13-14,32H,7-10,12H2,1-4H3,(H,28,33)(H,29,34)(H4,26,27,30,31)/t14-,24?/m0/s1. The molecule has 2 amide bonds. The number of benzene rings is 1. The smallest absolute Gasteiger partial charge is 0.407 e. The van der Waals surface area contributed by atoms with E-state index >= 15 is 0 Å². The number of guanidine groups is 1. The summed E-state index contributed by atoms with van der Waals surface area (Å²) in [6.07, 6.45) is 2.06. The van der Waals surface area contributed by atoms with Crippen molar-refractivity contribution in [1.82, 2.24) is 20.3 Å². The number of nitrogens with one attached hydrogen (secondary N) is 3. The Hall–Kier alpha value is -3.16. The number of pyridine rings is 1. The van der Waals surface area contributed by atoms with Crippen molar-refractivity contribution < 1.29 is 22.7 Å². The molecule has 14 heteroatoms. The Labute approximate surface area is 227 Å². The van der Waals surface area contributed by atoms with Crippen molar-refractivity contribution in [3.8, 4) is 0 Å².